The van der Waals surface area contributed by atoms with Crippen LogP contribution in [-0.2, 0) is 6.54 Å². The summed E-state index contributed by atoms with van der Waals surface area (Å²) in [6.45, 7) is 0.160. The third-order valence-corrected chi connectivity index (χ3v) is 2.95. The van der Waals surface area contributed by atoms with E-state index in [4.69, 9.17) is 0 Å². The normalized spacial score (nSPS) is 10.3. The molecule has 0 saturated heterocycles. The Morgan fingerprint density at radius 3 is 2.65 bits per heavy atom. The lowest BCUT2D eigenvalue weighted by Gasteiger charge is -2.07. The zero-order valence-corrected chi connectivity index (χ0v) is 11.5. The number of nitrogens with zero attached hydrogens (tertiary/aromatic N) is 2. The minimum Gasteiger partial charge on any atom is -0.377 e. The van der Waals surface area contributed by atoms with E-state index in [0.29, 0.717) is 11.8 Å². The molecule has 0 fully saturated rings. The van der Waals surface area contributed by atoms with Crippen LogP contribution in [0.2, 0.25) is 0 Å². The van der Waals surface area contributed by atoms with Crippen LogP contribution < -0.4 is 5.32 Å². The van der Waals surface area contributed by atoms with Gasteiger partial charge < -0.3 is 5.32 Å². The lowest BCUT2D eigenvalue weighted by Crippen LogP contribution is -2.05. The van der Waals surface area contributed by atoms with E-state index in [1.165, 1.54) is 0 Å². The SMILES string of the molecule is O=[N+]([O-])c1cc(NCc2ccc(Br)cn2)c(F)cc1F. The van der Waals surface area contributed by atoms with Crippen molar-refractivity contribution in [2.24, 2.45) is 0 Å². The third-order valence-electron chi connectivity index (χ3n) is 2.48. The second-order valence-electron chi connectivity index (χ2n) is 3.86. The Labute approximate surface area is 120 Å². The quantitative estimate of drug-likeness (QED) is 0.679. The van der Waals surface area contributed by atoms with Gasteiger partial charge in [-0.15, -0.1) is 0 Å². The number of hydrogen-bond acceptors (Lipinski definition) is 4. The van der Waals surface area contributed by atoms with Crippen LogP contribution in [0.15, 0.2) is 34.9 Å². The van der Waals surface area contributed by atoms with Gasteiger partial charge in [0.2, 0.25) is 5.82 Å². The first kappa shape index (κ1) is 14.3. The number of nitro groups is 1. The average Bonchev–Trinajstić information content (AvgIpc) is 2.39. The maximum Gasteiger partial charge on any atom is 0.307 e. The Hall–Kier alpha value is -2.09. The molecule has 2 aromatic rings. The zero-order chi connectivity index (χ0) is 14.7. The monoisotopic (exact) mass is 343 g/mol. The molecule has 1 aromatic heterocycles. The molecule has 0 saturated carbocycles. The van der Waals surface area contributed by atoms with Crippen molar-refractivity contribution in [1.29, 1.82) is 0 Å². The van der Waals surface area contributed by atoms with Crippen LogP contribution in [0.25, 0.3) is 0 Å². The zero-order valence-electron chi connectivity index (χ0n) is 9.94. The summed E-state index contributed by atoms with van der Waals surface area (Å²) >= 11 is 3.23. The molecule has 104 valence electrons. The molecule has 8 heteroatoms. The third kappa shape index (κ3) is 3.27. The molecule has 0 unspecified atom stereocenters. The van der Waals surface area contributed by atoms with Crippen LogP contribution in [0, 0.1) is 21.7 Å². The summed E-state index contributed by atoms with van der Waals surface area (Å²) in [5, 5.41) is 13.2. The van der Waals surface area contributed by atoms with E-state index in [9.17, 15) is 18.9 Å². The smallest absolute Gasteiger partial charge is 0.307 e. The van der Waals surface area contributed by atoms with Gasteiger partial charge in [0.15, 0.2) is 0 Å². The number of hydrogen-bond donors (Lipinski definition) is 1. The molecule has 0 aliphatic rings. The van der Waals surface area contributed by atoms with Crippen molar-refractivity contribution in [1.82, 2.24) is 4.98 Å². The summed E-state index contributed by atoms with van der Waals surface area (Å²) in [5.74, 6) is -2.11. The van der Waals surface area contributed by atoms with Crippen LogP contribution in [0.1, 0.15) is 5.69 Å². The van der Waals surface area contributed by atoms with Gasteiger partial charge in [-0.2, -0.15) is 4.39 Å². The number of halogens is 3. The standard InChI is InChI=1S/C12H8BrF2N3O2/c13-7-1-2-8(16-5-7)6-17-11-4-12(18(19)20)10(15)3-9(11)14/h1-5,17H,6H2. The fraction of sp³-hybridized carbons (Fsp3) is 0.0833. The van der Waals surface area contributed by atoms with Crippen molar-refractivity contribution in [3.05, 3.63) is 62.4 Å². The molecule has 0 spiro atoms. The van der Waals surface area contributed by atoms with Gasteiger partial charge in [0, 0.05) is 22.8 Å². The molecule has 1 N–H and O–H groups in total. The van der Waals surface area contributed by atoms with Crippen LogP contribution in [0.4, 0.5) is 20.2 Å². The Morgan fingerprint density at radius 2 is 2.05 bits per heavy atom. The van der Waals surface area contributed by atoms with Crippen LogP contribution in [0.5, 0.6) is 0 Å². The van der Waals surface area contributed by atoms with Crippen LogP contribution >= 0.6 is 15.9 Å². The number of pyridine rings is 1. The van der Waals surface area contributed by atoms with Crippen molar-refractivity contribution in [3.8, 4) is 0 Å². The molecule has 1 aromatic carbocycles. The summed E-state index contributed by atoms with van der Waals surface area (Å²) in [5.41, 5.74) is -0.319. The molecular formula is C12H8BrF2N3O2. The predicted octanol–water partition coefficient (Wildman–Crippen LogP) is 3.64. The highest BCUT2D eigenvalue weighted by atomic mass is 79.9. The van der Waals surface area contributed by atoms with Crippen molar-refractivity contribution < 1.29 is 13.7 Å². The average molecular weight is 344 g/mol. The number of benzene rings is 1. The molecule has 0 atom stereocenters. The minimum absolute atomic E-state index is 0.150. The van der Waals surface area contributed by atoms with Crippen molar-refractivity contribution >= 4 is 27.3 Å². The fourth-order valence-corrected chi connectivity index (χ4v) is 1.74. The van der Waals surface area contributed by atoms with E-state index in [1.807, 2.05) is 0 Å². The molecule has 0 aliphatic carbocycles. The number of nitro benzene ring substituents is 1. The second-order valence-corrected chi connectivity index (χ2v) is 4.78. The predicted molar refractivity (Wildman–Crippen MR) is 72.3 cm³/mol. The van der Waals surface area contributed by atoms with E-state index in [2.05, 4.69) is 26.2 Å². The van der Waals surface area contributed by atoms with Gasteiger partial charge in [0.25, 0.3) is 0 Å². The molecular weight excluding hydrogens is 336 g/mol. The first-order valence-electron chi connectivity index (χ1n) is 5.45. The van der Waals surface area contributed by atoms with Crippen LogP contribution in [0.3, 0.4) is 0 Å². The fourth-order valence-electron chi connectivity index (χ4n) is 1.51. The second kappa shape index (κ2) is 5.91. The first-order valence-corrected chi connectivity index (χ1v) is 6.24. The minimum atomic E-state index is -1.21. The van der Waals surface area contributed by atoms with E-state index in [0.717, 1.165) is 10.5 Å². The summed E-state index contributed by atoms with van der Waals surface area (Å²) < 4.78 is 27.5. The maximum atomic E-state index is 13.5. The molecule has 0 aliphatic heterocycles. The van der Waals surface area contributed by atoms with E-state index in [-0.39, 0.29) is 12.2 Å². The Kier molecular flexibility index (Phi) is 4.23. The van der Waals surface area contributed by atoms with Crippen LogP contribution in [-0.4, -0.2) is 9.91 Å². The summed E-state index contributed by atoms with van der Waals surface area (Å²) in [7, 11) is 0. The first-order chi connectivity index (χ1) is 9.47. The highest BCUT2D eigenvalue weighted by molar-refractivity contribution is 9.10. The molecule has 2 rings (SSSR count). The van der Waals surface area contributed by atoms with Gasteiger partial charge >= 0.3 is 5.69 Å². The number of nitrogens with one attached hydrogen (secondary N) is 1. The highest BCUT2D eigenvalue weighted by Gasteiger charge is 2.18. The molecule has 1 heterocycles. The summed E-state index contributed by atoms with van der Waals surface area (Å²) in [6.07, 6.45) is 1.57. The molecule has 0 amide bonds. The van der Waals surface area contributed by atoms with Gasteiger partial charge in [0.05, 0.1) is 22.8 Å². The lowest BCUT2D eigenvalue weighted by molar-refractivity contribution is -0.387. The largest absolute Gasteiger partial charge is 0.377 e. The molecule has 0 bridgehead atoms. The Bertz CT molecular complexity index is 650. The highest BCUT2D eigenvalue weighted by Crippen LogP contribution is 2.25. The lowest BCUT2D eigenvalue weighted by atomic mass is 10.2. The Morgan fingerprint density at radius 1 is 1.30 bits per heavy atom. The number of anilines is 1. The van der Waals surface area contributed by atoms with E-state index in [1.54, 1.807) is 18.3 Å². The van der Waals surface area contributed by atoms with Gasteiger partial charge in [-0.3, -0.25) is 15.1 Å². The summed E-state index contributed by atoms with van der Waals surface area (Å²) in [4.78, 5) is 13.7. The van der Waals surface area contributed by atoms with Gasteiger partial charge in [-0.25, -0.2) is 4.39 Å². The van der Waals surface area contributed by atoms with E-state index >= 15 is 0 Å². The van der Waals surface area contributed by atoms with Crippen molar-refractivity contribution in [2.75, 3.05) is 5.32 Å². The molecule has 5 nitrogen and oxygen atoms in total. The van der Waals surface area contributed by atoms with E-state index < -0.39 is 22.2 Å². The van der Waals surface area contributed by atoms with Gasteiger partial charge in [0.1, 0.15) is 5.82 Å². The van der Waals surface area contributed by atoms with Gasteiger partial charge in [-0.05, 0) is 28.1 Å². The Balaban J connectivity index is 2.18. The van der Waals surface area contributed by atoms with Crippen molar-refractivity contribution in [2.45, 2.75) is 6.54 Å². The molecule has 0 radical (unpaired) electrons. The van der Waals surface area contributed by atoms with Gasteiger partial charge in [-0.1, -0.05) is 0 Å². The topological polar surface area (TPSA) is 68.1 Å². The molecule has 20 heavy (non-hydrogen) atoms. The summed E-state index contributed by atoms with van der Waals surface area (Å²) in [6, 6.07) is 4.76. The number of aromatic nitrogens is 1. The van der Waals surface area contributed by atoms with Crippen molar-refractivity contribution in [3.63, 3.8) is 0 Å². The number of rotatable bonds is 4. The maximum absolute atomic E-state index is 13.5.